The standard InChI is InChI=1S/C15H22BrN3O2/c1-5-17-13-10(6-9(16)8-18-13)14(20)19-11-7-12(21-4)15(11,2)3/h6,8,11-12H,5,7H2,1-4H3,(H,17,18)(H,19,20). The minimum atomic E-state index is -0.104. The molecule has 1 aliphatic rings. The molecule has 2 unspecified atom stereocenters. The van der Waals surface area contributed by atoms with Crippen molar-refractivity contribution in [2.75, 3.05) is 19.0 Å². The number of hydrogen-bond donors (Lipinski definition) is 2. The molecule has 1 saturated carbocycles. The van der Waals surface area contributed by atoms with Gasteiger partial charge in [0.25, 0.3) is 5.91 Å². The maximum atomic E-state index is 12.5. The number of pyridine rings is 1. The van der Waals surface area contributed by atoms with Gasteiger partial charge in [0, 0.05) is 35.8 Å². The molecule has 2 N–H and O–H groups in total. The lowest BCUT2D eigenvalue weighted by Gasteiger charge is -2.51. The fourth-order valence-electron chi connectivity index (χ4n) is 2.69. The first kappa shape index (κ1) is 16.2. The first-order valence-electron chi connectivity index (χ1n) is 7.13. The normalized spacial score (nSPS) is 23.3. The SMILES string of the molecule is CCNc1ncc(Br)cc1C(=O)NC1CC(OC)C1(C)C. The van der Waals surface area contributed by atoms with E-state index in [0.717, 1.165) is 17.4 Å². The Labute approximate surface area is 134 Å². The minimum absolute atomic E-state index is 0.0534. The molecule has 1 aromatic heterocycles. The van der Waals surface area contributed by atoms with Crippen LogP contribution < -0.4 is 10.6 Å². The highest BCUT2D eigenvalue weighted by molar-refractivity contribution is 9.10. The third-order valence-electron chi connectivity index (χ3n) is 4.21. The van der Waals surface area contributed by atoms with Crippen LogP contribution in [0.25, 0.3) is 0 Å². The van der Waals surface area contributed by atoms with Crippen LogP contribution in [0.2, 0.25) is 0 Å². The van der Waals surface area contributed by atoms with Gasteiger partial charge in [0.15, 0.2) is 0 Å². The number of carbonyl (C=O) groups is 1. The molecular formula is C15H22BrN3O2. The number of halogens is 1. The molecule has 0 saturated heterocycles. The lowest BCUT2D eigenvalue weighted by atomic mass is 9.64. The van der Waals surface area contributed by atoms with E-state index in [-0.39, 0.29) is 23.5 Å². The van der Waals surface area contributed by atoms with E-state index in [4.69, 9.17) is 4.74 Å². The number of nitrogens with one attached hydrogen (secondary N) is 2. The number of rotatable bonds is 5. The van der Waals surface area contributed by atoms with Gasteiger partial charge in [-0.25, -0.2) is 4.98 Å². The number of methoxy groups -OCH3 is 1. The first-order valence-corrected chi connectivity index (χ1v) is 7.92. The van der Waals surface area contributed by atoms with E-state index in [9.17, 15) is 4.79 Å². The Kier molecular flexibility index (Phi) is 4.88. The van der Waals surface area contributed by atoms with E-state index in [1.165, 1.54) is 0 Å². The van der Waals surface area contributed by atoms with E-state index >= 15 is 0 Å². The van der Waals surface area contributed by atoms with Crippen molar-refractivity contribution in [3.63, 3.8) is 0 Å². The summed E-state index contributed by atoms with van der Waals surface area (Å²) in [5.41, 5.74) is 0.505. The molecule has 2 atom stereocenters. The van der Waals surface area contributed by atoms with Crippen molar-refractivity contribution >= 4 is 27.7 Å². The summed E-state index contributed by atoms with van der Waals surface area (Å²) in [7, 11) is 1.71. The number of hydrogen-bond acceptors (Lipinski definition) is 4. The Bertz CT molecular complexity index is 534. The maximum absolute atomic E-state index is 12.5. The number of carbonyl (C=O) groups excluding carboxylic acids is 1. The Balaban J connectivity index is 2.13. The summed E-state index contributed by atoms with van der Waals surface area (Å²) in [6.07, 6.45) is 2.72. The Morgan fingerprint density at radius 2 is 2.29 bits per heavy atom. The number of anilines is 1. The third-order valence-corrected chi connectivity index (χ3v) is 4.64. The summed E-state index contributed by atoms with van der Waals surface area (Å²) < 4.78 is 6.21. The van der Waals surface area contributed by atoms with Gasteiger partial charge >= 0.3 is 0 Å². The summed E-state index contributed by atoms with van der Waals surface area (Å²) in [6.45, 7) is 6.92. The van der Waals surface area contributed by atoms with Crippen molar-refractivity contribution in [3.8, 4) is 0 Å². The van der Waals surface area contributed by atoms with E-state index in [1.54, 1.807) is 19.4 Å². The molecule has 0 aromatic carbocycles. The zero-order valence-electron chi connectivity index (χ0n) is 12.9. The van der Waals surface area contributed by atoms with Gasteiger partial charge in [0.1, 0.15) is 5.82 Å². The number of nitrogens with zero attached hydrogens (tertiary/aromatic N) is 1. The van der Waals surface area contributed by atoms with Crippen LogP contribution in [0.15, 0.2) is 16.7 Å². The van der Waals surface area contributed by atoms with E-state index in [0.29, 0.717) is 11.4 Å². The molecule has 1 heterocycles. The van der Waals surface area contributed by atoms with Crippen LogP contribution >= 0.6 is 15.9 Å². The van der Waals surface area contributed by atoms with Crippen LogP contribution in [-0.2, 0) is 4.74 Å². The molecule has 0 aliphatic heterocycles. The topological polar surface area (TPSA) is 63.2 Å². The molecule has 0 spiro atoms. The van der Waals surface area contributed by atoms with Crippen LogP contribution in [0.4, 0.5) is 5.82 Å². The monoisotopic (exact) mass is 355 g/mol. The van der Waals surface area contributed by atoms with Gasteiger partial charge < -0.3 is 15.4 Å². The third kappa shape index (κ3) is 3.21. The van der Waals surface area contributed by atoms with Crippen LogP contribution in [0, 0.1) is 5.41 Å². The summed E-state index contributed by atoms with van der Waals surface area (Å²) in [5, 5.41) is 6.21. The maximum Gasteiger partial charge on any atom is 0.255 e. The molecular weight excluding hydrogens is 334 g/mol. The van der Waals surface area contributed by atoms with Crippen LogP contribution in [0.3, 0.4) is 0 Å². The quantitative estimate of drug-likeness (QED) is 0.852. The molecule has 2 rings (SSSR count). The zero-order valence-corrected chi connectivity index (χ0v) is 14.5. The molecule has 5 nitrogen and oxygen atoms in total. The molecule has 21 heavy (non-hydrogen) atoms. The van der Waals surface area contributed by atoms with Crippen molar-refractivity contribution in [3.05, 3.63) is 22.3 Å². The highest BCUT2D eigenvalue weighted by Crippen LogP contribution is 2.42. The second-order valence-electron chi connectivity index (χ2n) is 5.89. The second-order valence-corrected chi connectivity index (χ2v) is 6.80. The zero-order chi connectivity index (χ0) is 15.6. The lowest BCUT2D eigenvalue weighted by Crippen LogP contribution is -2.61. The molecule has 6 heteroatoms. The van der Waals surface area contributed by atoms with E-state index in [2.05, 4.69) is 45.4 Å². The van der Waals surface area contributed by atoms with Crippen molar-refractivity contribution in [1.29, 1.82) is 0 Å². The van der Waals surface area contributed by atoms with Crippen LogP contribution in [-0.4, -0.2) is 36.7 Å². The number of ether oxygens (including phenoxy) is 1. The van der Waals surface area contributed by atoms with Gasteiger partial charge in [-0.2, -0.15) is 0 Å². The average Bonchev–Trinajstić information content (AvgIpc) is 2.44. The largest absolute Gasteiger partial charge is 0.381 e. The molecule has 116 valence electrons. The predicted molar refractivity (Wildman–Crippen MR) is 86.5 cm³/mol. The highest BCUT2D eigenvalue weighted by atomic mass is 79.9. The van der Waals surface area contributed by atoms with Gasteiger partial charge in [-0.3, -0.25) is 4.79 Å². The smallest absolute Gasteiger partial charge is 0.255 e. The average molecular weight is 356 g/mol. The van der Waals surface area contributed by atoms with Crippen molar-refractivity contribution in [2.24, 2.45) is 5.41 Å². The van der Waals surface area contributed by atoms with Gasteiger partial charge in [-0.15, -0.1) is 0 Å². The summed E-state index contributed by atoms with van der Waals surface area (Å²) in [6, 6.07) is 1.91. The first-order chi connectivity index (χ1) is 9.90. The Morgan fingerprint density at radius 1 is 1.57 bits per heavy atom. The van der Waals surface area contributed by atoms with Gasteiger partial charge in [-0.1, -0.05) is 13.8 Å². The minimum Gasteiger partial charge on any atom is -0.381 e. The molecule has 1 aliphatic carbocycles. The fourth-order valence-corrected chi connectivity index (χ4v) is 3.02. The van der Waals surface area contributed by atoms with Crippen LogP contribution in [0.5, 0.6) is 0 Å². The van der Waals surface area contributed by atoms with E-state index < -0.39 is 0 Å². The van der Waals surface area contributed by atoms with Crippen molar-refractivity contribution < 1.29 is 9.53 Å². The fraction of sp³-hybridized carbons (Fsp3) is 0.600. The van der Waals surface area contributed by atoms with Gasteiger partial charge in [-0.05, 0) is 35.3 Å². The predicted octanol–water partition coefficient (Wildman–Crippen LogP) is 2.82. The van der Waals surface area contributed by atoms with Crippen molar-refractivity contribution in [1.82, 2.24) is 10.3 Å². The highest BCUT2D eigenvalue weighted by Gasteiger charge is 2.49. The molecule has 1 fully saturated rings. The Hall–Kier alpha value is -1.14. The number of amides is 1. The van der Waals surface area contributed by atoms with Gasteiger partial charge in [0.2, 0.25) is 0 Å². The molecule has 0 radical (unpaired) electrons. The number of aromatic nitrogens is 1. The van der Waals surface area contributed by atoms with Gasteiger partial charge in [0.05, 0.1) is 11.7 Å². The molecule has 0 bridgehead atoms. The second kappa shape index (κ2) is 6.32. The van der Waals surface area contributed by atoms with Crippen molar-refractivity contribution in [2.45, 2.75) is 39.3 Å². The summed E-state index contributed by atoms with van der Waals surface area (Å²) in [4.78, 5) is 16.8. The lowest BCUT2D eigenvalue weighted by molar-refractivity contribution is -0.0942. The van der Waals surface area contributed by atoms with E-state index in [1.807, 2.05) is 6.92 Å². The summed E-state index contributed by atoms with van der Waals surface area (Å²) >= 11 is 3.37. The summed E-state index contributed by atoms with van der Waals surface area (Å²) in [5.74, 6) is 0.506. The molecule has 1 aromatic rings. The molecule has 1 amide bonds. The van der Waals surface area contributed by atoms with Crippen LogP contribution in [0.1, 0.15) is 37.6 Å². The Morgan fingerprint density at radius 3 is 2.86 bits per heavy atom.